The van der Waals surface area contributed by atoms with Gasteiger partial charge in [-0.1, -0.05) is 6.92 Å². The van der Waals surface area contributed by atoms with Crippen LogP contribution in [-0.2, 0) is 0 Å². The zero-order valence-electron chi connectivity index (χ0n) is 11.5. The van der Waals surface area contributed by atoms with Crippen LogP contribution in [0.15, 0.2) is 0 Å². The lowest BCUT2D eigenvalue weighted by atomic mass is 10.0. The number of carbonyl (C=O) groups is 1. The maximum absolute atomic E-state index is 12.5. The number of urea groups is 1. The van der Waals surface area contributed by atoms with Crippen molar-refractivity contribution in [2.24, 2.45) is 5.73 Å². The Balaban J connectivity index is 2.71. The fourth-order valence-corrected chi connectivity index (χ4v) is 2.25. The van der Waals surface area contributed by atoms with Gasteiger partial charge in [-0.25, -0.2) is 4.79 Å². The predicted octanol–water partition coefficient (Wildman–Crippen LogP) is 2.04. The lowest BCUT2D eigenvalue weighted by Crippen LogP contribution is -2.57. The molecule has 4 nitrogen and oxygen atoms in total. The number of piperidine rings is 1. The molecule has 1 aliphatic heterocycles. The average molecular weight is 241 g/mol. The van der Waals surface area contributed by atoms with Crippen LogP contribution in [0.1, 0.15) is 46.5 Å². The molecule has 0 bridgehead atoms. The SMILES string of the molecule is CCCN(C(=O)N1CCCCC1)C(C)(C)CN. The number of carbonyl (C=O) groups excluding carboxylic acids is 1. The van der Waals surface area contributed by atoms with E-state index in [1.54, 1.807) is 0 Å². The molecule has 1 fully saturated rings. The van der Waals surface area contributed by atoms with Gasteiger partial charge in [0, 0.05) is 26.2 Å². The third-order valence-electron chi connectivity index (χ3n) is 3.53. The second-order valence-electron chi connectivity index (χ2n) is 5.50. The Hall–Kier alpha value is -0.770. The van der Waals surface area contributed by atoms with E-state index >= 15 is 0 Å². The molecule has 2 amide bonds. The molecule has 0 aromatic heterocycles. The van der Waals surface area contributed by atoms with Gasteiger partial charge in [-0.2, -0.15) is 0 Å². The Labute approximate surface area is 105 Å². The van der Waals surface area contributed by atoms with Crippen LogP contribution in [0.2, 0.25) is 0 Å². The number of likely N-dealkylation sites (tertiary alicyclic amines) is 1. The first-order chi connectivity index (χ1) is 8.03. The highest BCUT2D eigenvalue weighted by Crippen LogP contribution is 2.18. The molecule has 100 valence electrons. The highest BCUT2D eigenvalue weighted by atomic mass is 16.2. The van der Waals surface area contributed by atoms with Gasteiger partial charge < -0.3 is 15.5 Å². The first kappa shape index (κ1) is 14.3. The molecule has 0 spiro atoms. The molecule has 0 aromatic rings. The molecule has 0 aromatic carbocycles. The molecule has 17 heavy (non-hydrogen) atoms. The minimum absolute atomic E-state index is 0.169. The minimum Gasteiger partial charge on any atom is -0.328 e. The second-order valence-corrected chi connectivity index (χ2v) is 5.50. The van der Waals surface area contributed by atoms with Crippen molar-refractivity contribution in [3.8, 4) is 0 Å². The highest BCUT2D eigenvalue weighted by Gasteiger charge is 2.32. The molecule has 4 heteroatoms. The number of hydrogen-bond donors (Lipinski definition) is 1. The maximum atomic E-state index is 12.5. The highest BCUT2D eigenvalue weighted by molar-refractivity contribution is 5.75. The molecule has 0 radical (unpaired) electrons. The summed E-state index contributed by atoms with van der Waals surface area (Å²) in [6, 6.07) is 0.169. The monoisotopic (exact) mass is 241 g/mol. The van der Waals surface area contributed by atoms with E-state index in [0.717, 1.165) is 38.9 Å². The molecule has 1 heterocycles. The molecule has 1 aliphatic rings. The van der Waals surface area contributed by atoms with Crippen molar-refractivity contribution >= 4 is 6.03 Å². The van der Waals surface area contributed by atoms with Crippen molar-refractivity contribution in [2.45, 2.75) is 52.0 Å². The van der Waals surface area contributed by atoms with Crippen LogP contribution in [0.3, 0.4) is 0 Å². The Morgan fingerprint density at radius 3 is 2.35 bits per heavy atom. The van der Waals surface area contributed by atoms with E-state index in [1.807, 2.05) is 23.6 Å². The van der Waals surface area contributed by atoms with E-state index < -0.39 is 0 Å². The summed E-state index contributed by atoms with van der Waals surface area (Å²) in [5.41, 5.74) is 5.55. The number of nitrogens with two attached hydrogens (primary N) is 1. The summed E-state index contributed by atoms with van der Waals surface area (Å²) in [5.74, 6) is 0. The summed E-state index contributed by atoms with van der Waals surface area (Å²) in [7, 11) is 0. The van der Waals surface area contributed by atoms with Gasteiger partial charge in [-0.15, -0.1) is 0 Å². The van der Waals surface area contributed by atoms with E-state index in [2.05, 4.69) is 6.92 Å². The van der Waals surface area contributed by atoms with Gasteiger partial charge in [-0.05, 0) is 39.5 Å². The van der Waals surface area contributed by atoms with E-state index in [0.29, 0.717) is 6.54 Å². The Morgan fingerprint density at radius 2 is 1.88 bits per heavy atom. The standard InChI is InChI=1S/C13H27N3O/c1-4-8-16(13(2,3)11-14)12(17)15-9-6-5-7-10-15/h4-11,14H2,1-3H3. The van der Waals surface area contributed by atoms with Gasteiger partial charge in [0.2, 0.25) is 0 Å². The van der Waals surface area contributed by atoms with Crippen molar-refractivity contribution < 1.29 is 4.79 Å². The largest absolute Gasteiger partial charge is 0.328 e. The number of amides is 2. The normalized spacial score (nSPS) is 17.1. The fourth-order valence-electron chi connectivity index (χ4n) is 2.25. The molecule has 2 N–H and O–H groups in total. The van der Waals surface area contributed by atoms with Crippen molar-refractivity contribution in [3.05, 3.63) is 0 Å². The summed E-state index contributed by atoms with van der Waals surface area (Å²) < 4.78 is 0. The van der Waals surface area contributed by atoms with E-state index in [4.69, 9.17) is 5.73 Å². The average Bonchev–Trinajstić information content (AvgIpc) is 2.36. The molecular formula is C13H27N3O. The van der Waals surface area contributed by atoms with Gasteiger partial charge in [0.25, 0.3) is 0 Å². The third-order valence-corrected chi connectivity index (χ3v) is 3.53. The Kier molecular flexibility index (Phi) is 5.25. The van der Waals surface area contributed by atoms with Crippen molar-refractivity contribution in [3.63, 3.8) is 0 Å². The van der Waals surface area contributed by atoms with Crippen LogP contribution < -0.4 is 5.73 Å². The third kappa shape index (κ3) is 3.60. The Morgan fingerprint density at radius 1 is 1.29 bits per heavy atom. The van der Waals surface area contributed by atoms with Gasteiger partial charge >= 0.3 is 6.03 Å². The molecule has 0 unspecified atom stereocenters. The number of nitrogens with zero attached hydrogens (tertiary/aromatic N) is 2. The van der Waals surface area contributed by atoms with Gasteiger partial charge in [0.05, 0.1) is 5.54 Å². The molecule has 0 saturated carbocycles. The van der Waals surface area contributed by atoms with Crippen LogP contribution in [0.4, 0.5) is 4.79 Å². The van der Waals surface area contributed by atoms with Crippen molar-refractivity contribution in [1.82, 2.24) is 9.80 Å². The molecule has 1 rings (SSSR count). The van der Waals surface area contributed by atoms with Crippen LogP contribution in [0.5, 0.6) is 0 Å². The zero-order chi connectivity index (χ0) is 12.9. The zero-order valence-corrected chi connectivity index (χ0v) is 11.5. The second kappa shape index (κ2) is 6.24. The summed E-state index contributed by atoms with van der Waals surface area (Å²) in [6.45, 7) is 9.30. The summed E-state index contributed by atoms with van der Waals surface area (Å²) in [4.78, 5) is 16.4. The van der Waals surface area contributed by atoms with Crippen LogP contribution in [0.25, 0.3) is 0 Å². The maximum Gasteiger partial charge on any atom is 0.320 e. The minimum atomic E-state index is -0.245. The van der Waals surface area contributed by atoms with Gasteiger partial charge in [0.1, 0.15) is 0 Å². The number of hydrogen-bond acceptors (Lipinski definition) is 2. The van der Waals surface area contributed by atoms with Crippen LogP contribution >= 0.6 is 0 Å². The molecule has 0 atom stereocenters. The van der Waals surface area contributed by atoms with Gasteiger partial charge in [-0.3, -0.25) is 0 Å². The van der Waals surface area contributed by atoms with E-state index in [9.17, 15) is 4.79 Å². The van der Waals surface area contributed by atoms with Crippen molar-refractivity contribution in [1.29, 1.82) is 0 Å². The predicted molar refractivity (Wildman–Crippen MR) is 71.0 cm³/mol. The topological polar surface area (TPSA) is 49.6 Å². The first-order valence-electron chi connectivity index (χ1n) is 6.79. The first-order valence-corrected chi connectivity index (χ1v) is 6.79. The van der Waals surface area contributed by atoms with Crippen LogP contribution in [-0.4, -0.2) is 47.5 Å². The lowest BCUT2D eigenvalue weighted by Gasteiger charge is -2.41. The van der Waals surface area contributed by atoms with E-state index in [-0.39, 0.29) is 11.6 Å². The van der Waals surface area contributed by atoms with Crippen LogP contribution in [0, 0.1) is 0 Å². The Bertz CT molecular complexity index is 247. The quantitative estimate of drug-likeness (QED) is 0.819. The summed E-state index contributed by atoms with van der Waals surface area (Å²) >= 11 is 0. The number of rotatable bonds is 4. The summed E-state index contributed by atoms with van der Waals surface area (Å²) in [5, 5.41) is 0. The van der Waals surface area contributed by atoms with Gasteiger partial charge in [0.15, 0.2) is 0 Å². The molecule has 1 saturated heterocycles. The molecule has 0 aliphatic carbocycles. The fraction of sp³-hybridized carbons (Fsp3) is 0.923. The smallest absolute Gasteiger partial charge is 0.320 e. The molecular weight excluding hydrogens is 214 g/mol. The summed E-state index contributed by atoms with van der Waals surface area (Å²) in [6.07, 6.45) is 4.49. The lowest BCUT2D eigenvalue weighted by molar-refractivity contribution is 0.0984. The van der Waals surface area contributed by atoms with E-state index in [1.165, 1.54) is 6.42 Å². The van der Waals surface area contributed by atoms with Crippen molar-refractivity contribution in [2.75, 3.05) is 26.2 Å².